The van der Waals surface area contributed by atoms with Gasteiger partial charge in [-0.1, -0.05) is 0 Å². The quantitative estimate of drug-likeness (QED) is 0.524. The number of amides is 1. The Morgan fingerprint density at radius 1 is 1.47 bits per heavy atom. The van der Waals surface area contributed by atoms with E-state index in [1.165, 1.54) is 0 Å². The molecule has 0 aliphatic carbocycles. The number of hydrogen-bond acceptors (Lipinski definition) is 4. The van der Waals surface area contributed by atoms with Crippen LogP contribution in [0.15, 0.2) is 18.2 Å². The monoisotopic (exact) mass is 208 g/mol. The van der Waals surface area contributed by atoms with E-state index in [2.05, 4.69) is 10.6 Å². The van der Waals surface area contributed by atoms with Crippen LogP contribution in [-0.4, -0.2) is 26.0 Å². The van der Waals surface area contributed by atoms with Gasteiger partial charge in [0.25, 0.3) is 5.91 Å². The summed E-state index contributed by atoms with van der Waals surface area (Å²) in [6, 6.07) is 5.09. The van der Waals surface area contributed by atoms with Gasteiger partial charge in [-0.15, -0.1) is 0 Å². The average Bonchev–Trinajstić information content (AvgIpc) is 2.27. The van der Waals surface area contributed by atoms with Gasteiger partial charge in [0, 0.05) is 25.7 Å². The number of hydrogen-bond donors (Lipinski definition) is 4. The van der Waals surface area contributed by atoms with Crippen LogP contribution >= 0.6 is 0 Å². The number of benzene rings is 1. The number of nitrogens with one attached hydrogen (secondary N) is 2. The van der Waals surface area contributed by atoms with E-state index in [9.17, 15) is 4.79 Å². The SMILES string of the molecule is CNC(=O)c1ccc(N)c(NCCN)c1. The molecular weight excluding hydrogens is 192 g/mol. The van der Waals surface area contributed by atoms with Crippen molar-refractivity contribution in [3.8, 4) is 0 Å². The zero-order valence-electron chi connectivity index (χ0n) is 8.71. The summed E-state index contributed by atoms with van der Waals surface area (Å²) in [5, 5.41) is 5.60. The molecule has 0 atom stereocenters. The van der Waals surface area contributed by atoms with Crippen LogP contribution in [-0.2, 0) is 0 Å². The fourth-order valence-corrected chi connectivity index (χ4v) is 1.20. The van der Waals surface area contributed by atoms with Crippen molar-refractivity contribution < 1.29 is 4.79 Å². The molecule has 15 heavy (non-hydrogen) atoms. The van der Waals surface area contributed by atoms with E-state index in [0.717, 1.165) is 5.69 Å². The minimum Gasteiger partial charge on any atom is -0.397 e. The Bertz CT molecular complexity index is 351. The highest BCUT2D eigenvalue weighted by atomic mass is 16.1. The van der Waals surface area contributed by atoms with Gasteiger partial charge in [-0.2, -0.15) is 0 Å². The molecule has 1 aromatic rings. The second-order valence-electron chi connectivity index (χ2n) is 3.10. The van der Waals surface area contributed by atoms with Crippen molar-refractivity contribution in [2.75, 3.05) is 31.2 Å². The number of carbonyl (C=O) groups is 1. The largest absolute Gasteiger partial charge is 0.397 e. The molecule has 1 rings (SSSR count). The van der Waals surface area contributed by atoms with E-state index in [1.807, 2.05) is 0 Å². The molecule has 1 amide bonds. The maximum atomic E-state index is 11.3. The van der Waals surface area contributed by atoms with E-state index in [0.29, 0.717) is 24.3 Å². The predicted octanol–water partition coefficient (Wildman–Crippen LogP) is -0.001000. The lowest BCUT2D eigenvalue weighted by Crippen LogP contribution is -2.19. The smallest absolute Gasteiger partial charge is 0.251 e. The molecule has 0 aliphatic heterocycles. The molecule has 0 heterocycles. The zero-order chi connectivity index (χ0) is 11.3. The third kappa shape index (κ3) is 2.85. The molecule has 1 aromatic carbocycles. The average molecular weight is 208 g/mol. The fraction of sp³-hybridized carbons (Fsp3) is 0.300. The highest BCUT2D eigenvalue weighted by molar-refractivity contribution is 5.96. The summed E-state index contributed by atoms with van der Waals surface area (Å²) < 4.78 is 0. The van der Waals surface area contributed by atoms with Crippen molar-refractivity contribution >= 4 is 17.3 Å². The molecule has 0 saturated heterocycles. The predicted molar refractivity (Wildman–Crippen MR) is 61.8 cm³/mol. The van der Waals surface area contributed by atoms with Gasteiger partial charge in [0.2, 0.25) is 0 Å². The standard InChI is InChI=1S/C10H16N4O/c1-13-10(15)7-2-3-8(12)9(6-7)14-5-4-11/h2-3,6,14H,4-5,11-12H2,1H3,(H,13,15). The Balaban J connectivity index is 2.89. The summed E-state index contributed by atoms with van der Waals surface area (Å²) >= 11 is 0. The summed E-state index contributed by atoms with van der Waals surface area (Å²) in [5.74, 6) is -0.134. The van der Waals surface area contributed by atoms with Gasteiger partial charge in [-0.25, -0.2) is 0 Å². The molecule has 0 spiro atoms. The van der Waals surface area contributed by atoms with Crippen LogP contribution in [0.2, 0.25) is 0 Å². The number of anilines is 2. The third-order valence-corrected chi connectivity index (χ3v) is 2.00. The summed E-state index contributed by atoms with van der Waals surface area (Å²) in [7, 11) is 1.59. The fourth-order valence-electron chi connectivity index (χ4n) is 1.20. The van der Waals surface area contributed by atoms with Crippen molar-refractivity contribution in [2.45, 2.75) is 0 Å². The third-order valence-electron chi connectivity index (χ3n) is 2.00. The van der Waals surface area contributed by atoms with Crippen LogP contribution < -0.4 is 22.1 Å². The molecule has 0 radical (unpaired) electrons. The van der Waals surface area contributed by atoms with Gasteiger partial charge >= 0.3 is 0 Å². The normalized spacial score (nSPS) is 9.73. The number of rotatable bonds is 4. The summed E-state index contributed by atoms with van der Waals surface area (Å²) in [6.45, 7) is 1.14. The second-order valence-corrected chi connectivity index (χ2v) is 3.10. The van der Waals surface area contributed by atoms with E-state index in [-0.39, 0.29) is 5.91 Å². The molecule has 0 bridgehead atoms. The summed E-state index contributed by atoms with van der Waals surface area (Å²) in [5.41, 5.74) is 13.0. The summed E-state index contributed by atoms with van der Waals surface area (Å²) in [6.07, 6.45) is 0. The highest BCUT2D eigenvalue weighted by Crippen LogP contribution is 2.19. The van der Waals surface area contributed by atoms with E-state index >= 15 is 0 Å². The molecule has 0 unspecified atom stereocenters. The maximum absolute atomic E-state index is 11.3. The van der Waals surface area contributed by atoms with Crippen molar-refractivity contribution in [2.24, 2.45) is 5.73 Å². The summed E-state index contributed by atoms with van der Waals surface area (Å²) in [4.78, 5) is 11.3. The molecule has 5 nitrogen and oxygen atoms in total. The van der Waals surface area contributed by atoms with Crippen molar-refractivity contribution in [3.05, 3.63) is 23.8 Å². The topological polar surface area (TPSA) is 93.2 Å². The Kier molecular flexibility index (Phi) is 3.93. The molecule has 82 valence electrons. The maximum Gasteiger partial charge on any atom is 0.251 e. The van der Waals surface area contributed by atoms with E-state index in [4.69, 9.17) is 11.5 Å². The van der Waals surface area contributed by atoms with E-state index in [1.54, 1.807) is 25.2 Å². The lowest BCUT2D eigenvalue weighted by molar-refractivity contribution is 0.0963. The first-order valence-electron chi connectivity index (χ1n) is 4.74. The van der Waals surface area contributed by atoms with Gasteiger partial charge in [0.15, 0.2) is 0 Å². The molecule has 0 fully saturated rings. The van der Waals surface area contributed by atoms with Crippen LogP contribution in [0.1, 0.15) is 10.4 Å². The van der Waals surface area contributed by atoms with Crippen molar-refractivity contribution in [1.82, 2.24) is 5.32 Å². The molecular formula is C10H16N4O. The van der Waals surface area contributed by atoms with Gasteiger partial charge in [-0.3, -0.25) is 4.79 Å². The van der Waals surface area contributed by atoms with Gasteiger partial charge in [0.1, 0.15) is 0 Å². The van der Waals surface area contributed by atoms with Crippen molar-refractivity contribution in [3.63, 3.8) is 0 Å². The van der Waals surface area contributed by atoms with Gasteiger partial charge < -0.3 is 22.1 Å². The Labute approximate surface area is 88.8 Å². The van der Waals surface area contributed by atoms with Crippen LogP contribution in [0.4, 0.5) is 11.4 Å². The van der Waals surface area contributed by atoms with E-state index < -0.39 is 0 Å². The first-order valence-corrected chi connectivity index (χ1v) is 4.74. The zero-order valence-corrected chi connectivity index (χ0v) is 8.71. The van der Waals surface area contributed by atoms with Gasteiger partial charge in [-0.05, 0) is 18.2 Å². The first kappa shape index (κ1) is 11.3. The molecule has 0 aromatic heterocycles. The Morgan fingerprint density at radius 3 is 2.80 bits per heavy atom. The first-order chi connectivity index (χ1) is 7.19. The minimum atomic E-state index is -0.134. The lowest BCUT2D eigenvalue weighted by atomic mass is 10.1. The van der Waals surface area contributed by atoms with Crippen molar-refractivity contribution in [1.29, 1.82) is 0 Å². The Morgan fingerprint density at radius 2 is 2.20 bits per heavy atom. The van der Waals surface area contributed by atoms with Crippen LogP contribution in [0.25, 0.3) is 0 Å². The number of nitrogens with two attached hydrogens (primary N) is 2. The molecule has 6 N–H and O–H groups in total. The Hall–Kier alpha value is -1.75. The van der Waals surface area contributed by atoms with Crippen LogP contribution in [0.5, 0.6) is 0 Å². The van der Waals surface area contributed by atoms with Gasteiger partial charge in [0.05, 0.1) is 11.4 Å². The molecule has 5 heteroatoms. The van der Waals surface area contributed by atoms with Crippen LogP contribution in [0, 0.1) is 0 Å². The molecule has 0 saturated carbocycles. The van der Waals surface area contributed by atoms with Crippen LogP contribution in [0.3, 0.4) is 0 Å². The molecule has 0 aliphatic rings. The minimum absolute atomic E-state index is 0.134. The highest BCUT2D eigenvalue weighted by Gasteiger charge is 2.05. The lowest BCUT2D eigenvalue weighted by Gasteiger charge is -2.09. The number of nitrogen functional groups attached to an aromatic ring is 1. The second kappa shape index (κ2) is 5.21. The number of carbonyl (C=O) groups excluding carboxylic acids is 1.